The van der Waals surface area contributed by atoms with Crippen LogP contribution in [0.4, 0.5) is 5.69 Å². The fourth-order valence-electron chi connectivity index (χ4n) is 4.11. The van der Waals surface area contributed by atoms with Crippen molar-refractivity contribution >= 4 is 33.1 Å². The Balaban J connectivity index is 1.69. The molecule has 0 saturated carbocycles. The van der Waals surface area contributed by atoms with Gasteiger partial charge < -0.3 is 30.0 Å². The summed E-state index contributed by atoms with van der Waals surface area (Å²) in [7, 11) is 1.60. The zero-order chi connectivity index (χ0) is 22.7. The lowest BCUT2D eigenvalue weighted by Gasteiger charge is -2.25. The third-order valence-corrected chi connectivity index (χ3v) is 6.96. The Hall–Kier alpha value is -2.46. The highest BCUT2D eigenvalue weighted by Crippen LogP contribution is 2.37. The standard InChI is InChI=1S/C23H31N5O3S/c1-4-22(29)27(14-30-3)13-17-9-20-23(32-17)18(5-6-26-20)21-10-19(24)15(2)28(21)12-16-11-25-7-8-31-16/h5-6,9-10,16,25H,4,7-8,11-14,24H2,1-3H3/t16-/m0/s1. The van der Waals surface area contributed by atoms with Gasteiger partial charge >= 0.3 is 0 Å². The third-order valence-electron chi connectivity index (χ3n) is 5.82. The molecule has 4 heterocycles. The number of ether oxygens (including phenoxy) is 2. The average Bonchev–Trinajstić information content (AvgIpc) is 3.34. The summed E-state index contributed by atoms with van der Waals surface area (Å²) >= 11 is 1.66. The zero-order valence-electron chi connectivity index (χ0n) is 18.9. The molecular formula is C23H31N5O3S. The van der Waals surface area contributed by atoms with E-state index in [4.69, 9.17) is 15.2 Å². The van der Waals surface area contributed by atoms with Crippen LogP contribution in [0.5, 0.6) is 0 Å². The van der Waals surface area contributed by atoms with Crippen LogP contribution < -0.4 is 11.1 Å². The minimum absolute atomic E-state index is 0.0656. The first-order chi connectivity index (χ1) is 15.5. The van der Waals surface area contributed by atoms with Crippen LogP contribution in [0, 0.1) is 6.92 Å². The number of anilines is 1. The molecule has 1 saturated heterocycles. The first kappa shape index (κ1) is 22.7. The van der Waals surface area contributed by atoms with Crippen molar-refractivity contribution in [3.8, 4) is 11.3 Å². The number of methoxy groups -OCH3 is 1. The van der Waals surface area contributed by atoms with E-state index in [-0.39, 0.29) is 18.7 Å². The van der Waals surface area contributed by atoms with Crippen molar-refractivity contribution in [3.05, 3.63) is 35.0 Å². The molecule has 4 rings (SSSR count). The van der Waals surface area contributed by atoms with E-state index in [9.17, 15) is 4.79 Å². The van der Waals surface area contributed by atoms with Crippen LogP contribution in [0.25, 0.3) is 21.5 Å². The normalized spacial score (nSPS) is 16.5. The topological polar surface area (TPSA) is 94.6 Å². The van der Waals surface area contributed by atoms with Gasteiger partial charge in [0.05, 0.1) is 47.4 Å². The number of nitrogens with zero attached hydrogens (tertiary/aromatic N) is 3. The molecule has 0 unspecified atom stereocenters. The highest BCUT2D eigenvalue weighted by molar-refractivity contribution is 7.19. The molecule has 9 heteroatoms. The molecule has 0 aromatic carbocycles. The monoisotopic (exact) mass is 457 g/mol. The number of carbonyl (C=O) groups excluding carboxylic acids is 1. The predicted octanol–water partition coefficient (Wildman–Crippen LogP) is 2.99. The minimum atomic E-state index is 0.0656. The van der Waals surface area contributed by atoms with Gasteiger partial charge in [0, 0.05) is 49.0 Å². The van der Waals surface area contributed by atoms with E-state index >= 15 is 0 Å². The second kappa shape index (κ2) is 9.99. The molecule has 0 spiro atoms. The molecule has 1 aliphatic rings. The second-order valence-corrected chi connectivity index (χ2v) is 9.16. The number of aromatic nitrogens is 2. The van der Waals surface area contributed by atoms with Gasteiger partial charge in [0.25, 0.3) is 0 Å². The van der Waals surface area contributed by atoms with E-state index in [1.807, 2.05) is 32.2 Å². The number of amides is 1. The second-order valence-electron chi connectivity index (χ2n) is 8.03. The summed E-state index contributed by atoms with van der Waals surface area (Å²) in [5, 5.41) is 3.40. The van der Waals surface area contributed by atoms with Crippen molar-refractivity contribution in [2.45, 2.75) is 39.5 Å². The molecule has 1 amide bonds. The van der Waals surface area contributed by atoms with Crippen molar-refractivity contribution in [2.24, 2.45) is 0 Å². The number of pyridine rings is 1. The first-order valence-electron chi connectivity index (χ1n) is 10.9. The third kappa shape index (κ3) is 4.66. The van der Waals surface area contributed by atoms with E-state index in [0.29, 0.717) is 13.0 Å². The average molecular weight is 458 g/mol. The molecule has 172 valence electrons. The van der Waals surface area contributed by atoms with Gasteiger partial charge in [0.15, 0.2) is 0 Å². The summed E-state index contributed by atoms with van der Waals surface area (Å²) in [4.78, 5) is 19.7. The summed E-state index contributed by atoms with van der Waals surface area (Å²) in [6.07, 6.45) is 2.38. The Morgan fingerprint density at radius 1 is 1.47 bits per heavy atom. The summed E-state index contributed by atoms with van der Waals surface area (Å²) in [5.41, 5.74) is 11.2. The van der Waals surface area contributed by atoms with E-state index in [2.05, 4.69) is 20.9 Å². The maximum absolute atomic E-state index is 12.3. The van der Waals surface area contributed by atoms with Gasteiger partial charge in [-0.2, -0.15) is 0 Å². The van der Waals surface area contributed by atoms with Crippen LogP contribution >= 0.6 is 11.3 Å². The number of carbonyl (C=O) groups is 1. The lowest BCUT2D eigenvalue weighted by molar-refractivity contribution is -0.136. The molecule has 1 fully saturated rings. The molecule has 8 nitrogen and oxygen atoms in total. The Bertz CT molecular complexity index is 1090. The van der Waals surface area contributed by atoms with Gasteiger partial charge in [0.2, 0.25) is 5.91 Å². The number of thiophene rings is 1. The van der Waals surface area contributed by atoms with Gasteiger partial charge in [-0.1, -0.05) is 6.92 Å². The number of rotatable bonds is 8. The molecule has 3 aromatic rings. The van der Waals surface area contributed by atoms with Gasteiger partial charge in [-0.05, 0) is 25.1 Å². The van der Waals surface area contributed by atoms with Crippen molar-refractivity contribution < 1.29 is 14.3 Å². The van der Waals surface area contributed by atoms with Crippen LogP contribution in [0.2, 0.25) is 0 Å². The van der Waals surface area contributed by atoms with Crippen molar-refractivity contribution in [1.82, 2.24) is 19.8 Å². The summed E-state index contributed by atoms with van der Waals surface area (Å²) < 4.78 is 14.5. The SMILES string of the molecule is CCC(=O)N(COC)Cc1cc2nccc(-c3cc(N)c(C)n3C[C@@H]3CNCCO3)c2s1. The van der Waals surface area contributed by atoms with Crippen molar-refractivity contribution in [1.29, 1.82) is 0 Å². The Morgan fingerprint density at radius 3 is 3.03 bits per heavy atom. The van der Waals surface area contributed by atoms with Gasteiger partial charge in [-0.25, -0.2) is 0 Å². The van der Waals surface area contributed by atoms with Crippen molar-refractivity contribution in [2.75, 3.05) is 39.3 Å². The van der Waals surface area contributed by atoms with E-state index < -0.39 is 0 Å². The number of hydrogen-bond donors (Lipinski definition) is 2. The quantitative estimate of drug-likeness (QED) is 0.505. The number of hydrogen-bond acceptors (Lipinski definition) is 7. The molecule has 1 atom stereocenters. The van der Waals surface area contributed by atoms with Gasteiger partial charge in [0.1, 0.15) is 6.73 Å². The van der Waals surface area contributed by atoms with Crippen LogP contribution in [0.3, 0.4) is 0 Å². The molecule has 3 aromatic heterocycles. The van der Waals surface area contributed by atoms with Crippen LogP contribution in [0.1, 0.15) is 23.9 Å². The van der Waals surface area contributed by atoms with Crippen molar-refractivity contribution in [3.63, 3.8) is 0 Å². The predicted molar refractivity (Wildman–Crippen MR) is 128 cm³/mol. The summed E-state index contributed by atoms with van der Waals surface area (Å²) in [6, 6.07) is 6.14. The molecule has 0 aliphatic carbocycles. The Morgan fingerprint density at radius 2 is 2.31 bits per heavy atom. The van der Waals surface area contributed by atoms with Crippen LogP contribution in [-0.2, 0) is 27.4 Å². The lowest BCUT2D eigenvalue weighted by atomic mass is 10.1. The largest absolute Gasteiger partial charge is 0.397 e. The van der Waals surface area contributed by atoms with Gasteiger partial charge in [-0.3, -0.25) is 9.78 Å². The molecular weight excluding hydrogens is 426 g/mol. The summed E-state index contributed by atoms with van der Waals surface area (Å²) in [6.45, 7) is 7.86. The lowest BCUT2D eigenvalue weighted by Crippen LogP contribution is -2.41. The zero-order valence-corrected chi connectivity index (χ0v) is 19.7. The maximum Gasteiger partial charge on any atom is 0.224 e. The minimum Gasteiger partial charge on any atom is -0.397 e. The van der Waals surface area contributed by atoms with Crippen LogP contribution in [0.15, 0.2) is 24.4 Å². The number of fused-ring (bicyclic) bond motifs is 1. The fraction of sp³-hybridized carbons (Fsp3) is 0.478. The smallest absolute Gasteiger partial charge is 0.224 e. The highest BCUT2D eigenvalue weighted by Gasteiger charge is 2.21. The maximum atomic E-state index is 12.3. The number of nitrogen functional groups attached to an aromatic ring is 1. The molecule has 0 bridgehead atoms. The molecule has 1 aliphatic heterocycles. The number of nitrogens with two attached hydrogens (primary N) is 1. The van der Waals surface area contributed by atoms with E-state index in [0.717, 1.165) is 64.0 Å². The Labute approximate surface area is 192 Å². The molecule has 3 N–H and O–H groups in total. The summed E-state index contributed by atoms with van der Waals surface area (Å²) in [5.74, 6) is 0.0656. The fourth-order valence-corrected chi connectivity index (χ4v) is 5.26. The Kier molecular flexibility index (Phi) is 7.10. The molecule has 0 radical (unpaired) electrons. The van der Waals surface area contributed by atoms with E-state index in [1.165, 1.54) is 0 Å². The first-order valence-corrected chi connectivity index (χ1v) is 11.8. The highest BCUT2D eigenvalue weighted by atomic mass is 32.1. The number of nitrogens with one attached hydrogen (secondary N) is 1. The van der Waals surface area contributed by atoms with Crippen LogP contribution in [-0.4, -0.2) is 60.0 Å². The van der Waals surface area contributed by atoms with E-state index in [1.54, 1.807) is 23.3 Å². The van der Waals surface area contributed by atoms with Gasteiger partial charge in [-0.15, -0.1) is 11.3 Å². The molecule has 32 heavy (non-hydrogen) atoms. The number of morpholine rings is 1.